The zero-order valence-electron chi connectivity index (χ0n) is 15.1. The summed E-state index contributed by atoms with van der Waals surface area (Å²) in [5.74, 6) is -0.265. The molecule has 25 heavy (non-hydrogen) atoms. The summed E-state index contributed by atoms with van der Waals surface area (Å²) in [6.45, 7) is 6.59. The molecule has 0 saturated heterocycles. The molecule has 0 fully saturated rings. The van der Waals surface area contributed by atoms with E-state index in [1.165, 1.54) is 18.3 Å². The molecule has 0 spiro atoms. The van der Waals surface area contributed by atoms with Gasteiger partial charge in [-0.25, -0.2) is 0 Å². The van der Waals surface area contributed by atoms with Crippen molar-refractivity contribution in [3.05, 3.63) is 29.1 Å². The number of amides is 2. The molecule has 1 N–H and O–H groups in total. The first-order chi connectivity index (χ1) is 11.9. The lowest BCUT2D eigenvalue weighted by Crippen LogP contribution is -2.40. The Morgan fingerprint density at radius 3 is 2.68 bits per heavy atom. The maximum Gasteiger partial charge on any atom is 0.270 e. The van der Waals surface area contributed by atoms with Gasteiger partial charge >= 0.3 is 0 Å². The van der Waals surface area contributed by atoms with Gasteiger partial charge in [0.15, 0.2) is 4.80 Å². The van der Waals surface area contributed by atoms with Crippen LogP contribution in [-0.2, 0) is 20.9 Å². The van der Waals surface area contributed by atoms with E-state index in [4.69, 9.17) is 4.74 Å². The van der Waals surface area contributed by atoms with Crippen molar-refractivity contribution >= 4 is 33.4 Å². The molecule has 0 aliphatic heterocycles. The second-order valence-electron chi connectivity index (χ2n) is 6.33. The molecule has 0 unspecified atom stereocenters. The number of hydrogen-bond acceptors (Lipinski definition) is 4. The second kappa shape index (κ2) is 8.92. The van der Waals surface area contributed by atoms with Crippen molar-refractivity contribution in [1.29, 1.82) is 0 Å². The first kappa shape index (κ1) is 19.3. The van der Waals surface area contributed by atoms with Crippen molar-refractivity contribution in [2.45, 2.75) is 39.8 Å². The number of nitrogens with zero attached hydrogens (tertiary/aromatic N) is 2. The van der Waals surface area contributed by atoms with Crippen LogP contribution in [0.4, 0.5) is 0 Å². The fourth-order valence-electron chi connectivity index (χ4n) is 2.62. The summed E-state index contributed by atoms with van der Waals surface area (Å²) in [6, 6.07) is 7.34. The van der Waals surface area contributed by atoms with Gasteiger partial charge in [-0.1, -0.05) is 37.3 Å². The van der Waals surface area contributed by atoms with Gasteiger partial charge in [-0.3, -0.25) is 9.59 Å². The maximum absolute atomic E-state index is 12.7. The normalized spacial score (nSPS) is 13.4. The number of para-hydroxylation sites is 1. The minimum Gasteiger partial charge on any atom is -0.383 e. The minimum absolute atomic E-state index is 0.224. The van der Waals surface area contributed by atoms with Crippen molar-refractivity contribution in [2.75, 3.05) is 13.7 Å². The van der Waals surface area contributed by atoms with E-state index in [9.17, 15) is 9.59 Å². The van der Waals surface area contributed by atoms with Gasteiger partial charge in [0.2, 0.25) is 5.91 Å². The Morgan fingerprint density at radius 1 is 1.32 bits per heavy atom. The molecule has 0 aliphatic rings. The third kappa shape index (κ3) is 5.24. The zero-order chi connectivity index (χ0) is 18.4. The molecule has 2 aromatic rings. The third-order valence-electron chi connectivity index (χ3n) is 3.70. The van der Waals surface area contributed by atoms with Crippen LogP contribution in [0.15, 0.2) is 29.3 Å². The topological polar surface area (TPSA) is 72.7 Å². The largest absolute Gasteiger partial charge is 0.383 e. The van der Waals surface area contributed by atoms with Crippen LogP contribution in [-0.4, -0.2) is 36.1 Å². The molecular formula is C18H25N3O3S. The third-order valence-corrected chi connectivity index (χ3v) is 4.76. The van der Waals surface area contributed by atoms with Gasteiger partial charge in [-0.2, -0.15) is 4.99 Å². The number of methoxy groups -OCH3 is 1. The number of fused-ring (bicyclic) bond motifs is 1. The van der Waals surface area contributed by atoms with Crippen LogP contribution in [0.2, 0.25) is 0 Å². The van der Waals surface area contributed by atoms with Crippen LogP contribution in [0.1, 0.15) is 27.2 Å². The average Bonchev–Trinajstić information content (AvgIpc) is 2.88. The first-order valence-corrected chi connectivity index (χ1v) is 9.17. The van der Waals surface area contributed by atoms with Crippen LogP contribution >= 0.6 is 11.3 Å². The first-order valence-electron chi connectivity index (χ1n) is 8.35. The molecule has 136 valence electrons. The lowest BCUT2D eigenvalue weighted by Gasteiger charge is -2.16. The Morgan fingerprint density at radius 2 is 2.04 bits per heavy atom. The van der Waals surface area contributed by atoms with Gasteiger partial charge in [-0.15, -0.1) is 0 Å². The summed E-state index contributed by atoms with van der Waals surface area (Å²) < 4.78 is 8.22. The summed E-state index contributed by atoms with van der Waals surface area (Å²) in [5, 5.41) is 2.72. The van der Waals surface area contributed by atoms with Crippen molar-refractivity contribution in [2.24, 2.45) is 10.9 Å². The highest BCUT2D eigenvalue weighted by atomic mass is 32.1. The van der Waals surface area contributed by atoms with E-state index in [1.54, 1.807) is 7.11 Å². The summed E-state index contributed by atoms with van der Waals surface area (Å²) in [4.78, 5) is 29.0. The molecule has 6 nitrogen and oxygen atoms in total. The summed E-state index contributed by atoms with van der Waals surface area (Å²) in [5.41, 5.74) is 1.02. The van der Waals surface area contributed by atoms with E-state index in [1.807, 2.05) is 42.7 Å². The molecule has 0 radical (unpaired) electrons. The van der Waals surface area contributed by atoms with Crippen molar-refractivity contribution in [3.63, 3.8) is 0 Å². The Kier molecular flexibility index (Phi) is 6.90. The lowest BCUT2D eigenvalue weighted by atomic mass is 10.0. The van der Waals surface area contributed by atoms with Gasteiger partial charge in [0.1, 0.15) is 6.04 Å². The summed E-state index contributed by atoms with van der Waals surface area (Å²) in [6.07, 6.45) is 0.560. The number of carbonyl (C=O) groups excluding carboxylic acids is 2. The smallest absolute Gasteiger partial charge is 0.270 e. The van der Waals surface area contributed by atoms with Crippen LogP contribution in [0, 0.1) is 5.92 Å². The highest BCUT2D eigenvalue weighted by molar-refractivity contribution is 7.16. The number of benzene rings is 1. The van der Waals surface area contributed by atoms with Gasteiger partial charge in [0.05, 0.1) is 16.8 Å². The predicted octanol–water partition coefficient (Wildman–Crippen LogP) is 2.33. The van der Waals surface area contributed by atoms with Gasteiger partial charge in [0.25, 0.3) is 5.91 Å². The molecule has 0 aliphatic carbocycles. The molecule has 0 bridgehead atoms. The number of nitrogens with one attached hydrogen (secondary N) is 1. The quantitative estimate of drug-likeness (QED) is 0.820. The highest BCUT2D eigenvalue weighted by Gasteiger charge is 2.20. The van der Waals surface area contributed by atoms with Gasteiger partial charge in [-0.05, 0) is 24.5 Å². The molecule has 1 atom stereocenters. The number of aromatic nitrogens is 1. The number of carbonyl (C=O) groups is 2. The van der Waals surface area contributed by atoms with E-state index in [-0.39, 0.29) is 17.7 Å². The van der Waals surface area contributed by atoms with Gasteiger partial charge < -0.3 is 14.6 Å². The standard InChI is InChI=1S/C18H25N3O3S/c1-12(2)11-14(19-13(3)22)17(23)20-18-21(9-10-24-4)15-7-5-6-8-16(15)25-18/h5-8,12,14H,9-11H2,1-4H3,(H,19,22)/t14-/m0/s1. The highest BCUT2D eigenvalue weighted by Crippen LogP contribution is 2.17. The number of rotatable bonds is 7. The van der Waals surface area contributed by atoms with E-state index in [2.05, 4.69) is 10.3 Å². The Balaban J connectivity index is 2.43. The second-order valence-corrected chi connectivity index (χ2v) is 7.34. The molecular weight excluding hydrogens is 338 g/mol. The number of thiazole rings is 1. The minimum atomic E-state index is -0.599. The summed E-state index contributed by atoms with van der Waals surface area (Å²) in [7, 11) is 1.65. The van der Waals surface area contributed by atoms with Crippen LogP contribution in [0.5, 0.6) is 0 Å². The Hall–Kier alpha value is -1.99. The zero-order valence-corrected chi connectivity index (χ0v) is 15.9. The molecule has 2 amide bonds. The van der Waals surface area contributed by atoms with E-state index < -0.39 is 6.04 Å². The van der Waals surface area contributed by atoms with Crippen molar-refractivity contribution in [1.82, 2.24) is 9.88 Å². The monoisotopic (exact) mass is 363 g/mol. The number of hydrogen-bond donors (Lipinski definition) is 1. The van der Waals surface area contributed by atoms with E-state index in [0.29, 0.717) is 24.4 Å². The van der Waals surface area contributed by atoms with Crippen LogP contribution in [0.25, 0.3) is 10.2 Å². The fraction of sp³-hybridized carbons (Fsp3) is 0.500. The Bertz CT molecular complexity index is 807. The van der Waals surface area contributed by atoms with E-state index >= 15 is 0 Å². The van der Waals surface area contributed by atoms with Crippen LogP contribution < -0.4 is 10.1 Å². The molecule has 0 saturated carbocycles. The molecule has 7 heteroatoms. The predicted molar refractivity (Wildman–Crippen MR) is 99.3 cm³/mol. The van der Waals surface area contributed by atoms with E-state index in [0.717, 1.165) is 10.2 Å². The summed E-state index contributed by atoms with van der Waals surface area (Å²) >= 11 is 1.47. The molecule has 2 rings (SSSR count). The molecule has 1 aromatic heterocycles. The van der Waals surface area contributed by atoms with Crippen LogP contribution in [0.3, 0.4) is 0 Å². The average molecular weight is 363 g/mol. The number of ether oxygens (including phenoxy) is 1. The SMILES string of the molecule is COCCn1c(=NC(=O)[C@H](CC(C)C)NC(C)=O)sc2ccccc21. The Labute approximate surface area is 151 Å². The lowest BCUT2D eigenvalue weighted by molar-refractivity contribution is -0.126. The molecule has 1 aromatic carbocycles. The van der Waals surface area contributed by atoms with Gasteiger partial charge in [0, 0.05) is 20.6 Å². The molecule has 1 heterocycles. The van der Waals surface area contributed by atoms with Crippen molar-refractivity contribution < 1.29 is 14.3 Å². The van der Waals surface area contributed by atoms with Crippen molar-refractivity contribution in [3.8, 4) is 0 Å². The fourth-order valence-corrected chi connectivity index (χ4v) is 3.68. The maximum atomic E-state index is 12.7.